The predicted octanol–water partition coefficient (Wildman–Crippen LogP) is 3.36. The van der Waals surface area contributed by atoms with Gasteiger partial charge in [-0.2, -0.15) is 0 Å². The van der Waals surface area contributed by atoms with Gasteiger partial charge in [0.25, 0.3) is 0 Å². The summed E-state index contributed by atoms with van der Waals surface area (Å²) in [5.74, 6) is 0.947. The number of aliphatic imine (C=N–C) groups is 1. The van der Waals surface area contributed by atoms with Crippen LogP contribution in [0.2, 0.25) is 0 Å². The van der Waals surface area contributed by atoms with Gasteiger partial charge in [0.1, 0.15) is 0 Å². The Bertz CT molecular complexity index is 482. The Morgan fingerprint density at radius 2 is 1.78 bits per heavy atom. The van der Waals surface area contributed by atoms with Crippen molar-refractivity contribution >= 4 is 29.9 Å². The van der Waals surface area contributed by atoms with E-state index in [0.717, 1.165) is 38.7 Å². The maximum atomic E-state index is 4.76. The van der Waals surface area contributed by atoms with E-state index in [1.54, 1.807) is 0 Å². The maximum absolute atomic E-state index is 4.76. The van der Waals surface area contributed by atoms with Crippen LogP contribution in [0, 0.1) is 0 Å². The molecule has 4 nitrogen and oxygen atoms in total. The molecule has 1 saturated carbocycles. The largest absolute Gasteiger partial charge is 0.357 e. The van der Waals surface area contributed by atoms with Crippen molar-refractivity contribution in [1.29, 1.82) is 0 Å². The molecule has 0 unspecified atom stereocenters. The number of rotatable bonds is 8. The second-order valence-corrected chi connectivity index (χ2v) is 5.84. The van der Waals surface area contributed by atoms with Gasteiger partial charge in [-0.25, -0.2) is 4.99 Å². The van der Waals surface area contributed by atoms with Crippen molar-refractivity contribution in [3.05, 3.63) is 35.4 Å². The molecule has 0 radical (unpaired) electrons. The van der Waals surface area contributed by atoms with E-state index in [9.17, 15) is 0 Å². The van der Waals surface area contributed by atoms with E-state index < -0.39 is 0 Å². The standard InChI is InChI=1S/C18H30N4.HI/c1-4-19-18(21-17-11-12-17)20-13-15-9-7-8-10-16(15)14-22(5-2)6-3;/h7-10,17H,4-6,11-14H2,1-3H3,(H2,19,20,21);1H. The summed E-state index contributed by atoms with van der Waals surface area (Å²) in [6.07, 6.45) is 2.53. The van der Waals surface area contributed by atoms with Gasteiger partial charge in [0.2, 0.25) is 0 Å². The third kappa shape index (κ3) is 7.08. The molecule has 1 aliphatic carbocycles. The van der Waals surface area contributed by atoms with Gasteiger partial charge >= 0.3 is 0 Å². The SMILES string of the molecule is CCNC(=NCc1ccccc1CN(CC)CC)NC1CC1.I. The van der Waals surface area contributed by atoms with Gasteiger partial charge in [-0.15, -0.1) is 24.0 Å². The summed E-state index contributed by atoms with van der Waals surface area (Å²) >= 11 is 0. The maximum Gasteiger partial charge on any atom is 0.191 e. The lowest BCUT2D eigenvalue weighted by molar-refractivity contribution is 0.295. The van der Waals surface area contributed by atoms with Crippen molar-refractivity contribution in [3.8, 4) is 0 Å². The van der Waals surface area contributed by atoms with Gasteiger partial charge in [0, 0.05) is 19.1 Å². The molecule has 5 heteroatoms. The van der Waals surface area contributed by atoms with Crippen LogP contribution in [0.1, 0.15) is 44.7 Å². The molecule has 2 N–H and O–H groups in total. The van der Waals surface area contributed by atoms with Crippen LogP contribution in [-0.2, 0) is 13.1 Å². The molecule has 0 bridgehead atoms. The van der Waals surface area contributed by atoms with Gasteiger partial charge in [-0.05, 0) is 44.0 Å². The summed E-state index contributed by atoms with van der Waals surface area (Å²) in [4.78, 5) is 7.20. The van der Waals surface area contributed by atoms with Gasteiger partial charge < -0.3 is 10.6 Å². The Balaban J connectivity index is 0.00000264. The third-order valence-electron chi connectivity index (χ3n) is 4.08. The summed E-state index contributed by atoms with van der Waals surface area (Å²) in [5, 5.41) is 6.81. The Labute approximate surface area is 158 Å². The number of nitrogens with one attached hydrogen (secondary N) is 2. The molecular formula is C18H31IN4. The van der Waals surface area contributed by atoms with E-state index in [1.165, 1.54) is 24.0 Å². The molecule has 130 valence electrons. The van der Waals surface area contributed by atoms with Crippen LogP contribution in [-0.4, -0.2) is 36.5 Å². The van der Waals surface area contributed by atoms with E-state index in [1.807, 2.05) is 0 Å². The fourth-order valence-electron chi connectivity index (χ4n) is 2.46. The number of nitrogens with zero attached hydrogens (tertiary/aromatic N) is 2. The van der Waals surface area contributed by atoms with Gasteiger partial charge in [0.05, 0.1) is 6.54 Å². The first-order valence-corrected chi connectivity index (χ1v) is 8.60. The highest BCUT2D eigenvalue weighted by atomic mass is 127. The minimum atomic E-state index is 0. The molecule has 23 heavy (non-hydrogen) atoms. The van der Waals surface area contributed by atoms with Gasteiger partial charge in [-0.1, -0.05) is 38.1 Å². The fraction of sp³-hybridized carbons (Fsp3) is 0.611. The lowest BCUT2D eigenvalue weighted by Crippen LogP contribution is -2.38. The summed E-state index contributed by atoms with van der Waals surface area (Å²) < 4.78 is 0. The molecule has 0 heterocycles. The number of guanidine groups is 1. The summed E-state index contributed by atoms with van der Waals surface area (Å²) in [6.45, 7) is 11.4. The van der Waals surface area contributed by atoms with Crippen LogP contribution in [0.15, 0.2) is 29.3 Å². The van der Waals surface area contributed by atoms with Crippen LogP contribution >= 0.6 is 24.0 Å². The molecule has 1 aliphatic rings. The minimum absolute atomic E-state index is 0. The zero-order chi connectivity index (χ0) is 15.8. The molecule has 0 aliphatic heterocycles. The molecule has 1 aromatic carbocycles. The van der Waals surface area contributed by atoms with E-state index in [0.29, 0.717) is 6.04 Å². The first-order valence-electron chi connectivity index (χ1n) is 8.60. The first-order chi connectivity index (χ1) is 10.8. The van der Waals surface area contributed by atoms with Crippen LogP contribution in [0.25, 0.3) is 0 Å². The predicted molar refractivity (Wildman–Crippen MR) is 109 cm³/mol. The molecule has 0 saturated heterocycles. The monoisotopic (exact) mass is 430 g/mol. The summed E-state index contributed by atoms with van der Waals surface area (Å²) in [5.41, 5.74) is 2.71. The molecule has 0 atom stereocenters. The normalized spacial score (nSPS) is 14.5. The average molecular weight is 430 g/mol. The Kier molecular flexibility index (Phi) is 9.55. The van der Waals surface area contributed by atoms with Crippen LogP contribution in [0.4, 0.5) is 0 Å². The van der Waals surface area contributed by atoms with Gasteiger partial charge in [-0.3, -0.25) is 4.90 Å². The molecule has 0 spiro atoms. The van der Waals surface area contributed by atoms with E-state index in [2.05, 4.69) is 60.6 Å². The quantitative estimate of drug-likeness (QED) is 0.378. The van der Waals surface area contributed by atoms with Gasteiger partial charge in [0.15, 0.2) is 5.96 Å². The number of benzene rings is 1. The lowest BCUT2D eigenvalue weighted by atomic mass is 10.1. The van der Waals surface area contributed by atoms with Crippen molar-refractivity contribution in [1.82, 2.24) is 15.5 Å². The van der Waals surface area contributed by atoms with E-state index >= 15 is 0 Å². The topological polar surface area (TPSA) is 39.7 Å². The number of hydrogen-bond acceptors (Lipinski definition) is 2. The molecular weight excluding hydrogens is 399 g/mol. The lowest BCUT2D eigenvalue weighted by Gasteiger charge is -2.20. The first kappa shape index (κ1) is 20.2. The molecule has 1 aromatic rings. The summed E-state index contributed by atoms with van der Waals surface area (Å²) in [6, 6.07) is 9.29. The van der Waals surface area contributed by atoms with E-state index in [4.69, 9.17) is 4.99 Å². The molecule has 2 rings (SSSR count). The minimum Gasteiger partial charge on any atom is -0.357 e. The Morgan fingerprint density at radius 1 is 1.13 bits per heavy atom. The molecule has 0 amide bonds. The second-order valence-electron chi connectivity index (χ2n) is 5.84. The van der Waals surface area contributed by atoms with Crippen molar-refractivity contribution in [3.63, 3.8) is 0 Å². The number of hydrogen-bond donors (Lipinski definition) is 2. The smallest absolute Gasteiger partial charge is 0.191 e. The number of halogens is 1. The van der Waals surface area contributed by atoms with Crippen molar-refractivity contribution in [2.24, 2.45) is 4.99 Å². The van der Waals surface area contributed by atoms with E-state index in [-0.39, 0.29) is 24.0 Å². The second kappa shape index (κ2) is 10.9. The Hall–Kier alpha value is -0.820. The van der Waals surface area contributed by atoms with Crippen LogP contribution in [0.3, 0.4) is 0 Å². The van der Waals surface area contributed by atoms with Crippen LogP contribution < -0.4 is 10.6 Å². The molecule has 0 aromatic heterocycles. The fourth-order valence-corrected chi connectivity index (χ4v) is 2.46. The van der Waals surface area contributed by atoms with Crippen LogP contribution in [0.5, 0.6) is 0 Å². The highest BCUT2D eigenvalue weighted by Crippen LogP contribution is 2.18. The average Bonchev–Trinajstić information content (AvgIpc) is 3.35. The highest BCUT2D eigenvalue weighted by Gasteiger charge is 2.22. The highest BCUT2D eigenvalue weighted by molar-refractivity contribution is 14.0. The van der Waals surface area contributed by atoms with Crippen molar-refractivity contribution in [2.75, 3.05) is 19.6 Å². The molecule has 1 fully saturated rings. The third-order valence-corrected chi connectivity index (χ3v) is 4.08. The summed E-state index contributed by atoms with van der Waals surface area (Å²) in [7, 11) is 0. The van der Waals surface area contributed by atoms with Crippen molar-refractivity contribution in [2.45, 2.75) is 52.7 Å². The van der Waals surface area contributed by atoms with Crippen molar-refractivity contribution < 1.29 is 0 Å². The zero-order valence-electron chi connectivity index (χ0n) is 14.6. The Morgan fingerprint density at radius 3 is 2.35 bits per heavy atom. The zero-order valence-corrected chi connectivity index (χ0v) is 17.0.